The van der Waals surface area contributed by atoms with Crippen LogP contribution in [-0.4, -0.2) is 5.11 Å². The second-order valence-electron chi connectivity index (χ2n) is 2.92. The fraction of sp³-hybridized carbons (Fsp3) is 0.0909. The molecule has 0 aliphatic carbocycles. The fourth-order valence-electron chi connectivity index (χ4n) is 1.35. The molecule has 1 N–H and O–H groups in total. The first kappa shape index (κ1) is 9.37. The summed E-state index contributed by atoms with van der Waals surface area (Å²) in [5.41, 5.74) is 1.93. The largest absolute Gasteiger partial charge is 0.391 e. The van der Waals surface area contributed by atoms with Gasteiger partial charge in [-0.1, -0.05) is 12.1 Å². The first-order valence-corrected chi connectivity index (χ1v) is 5.12. The Bertz CT molecular complexity index is 419. The highest BCUT2D eigenvalue weighted by Crippen LogP contribution is 2.28. The fourth-order valence-corrected chi connectivity index (χ4v) is 2.11. The Hall–Kier alpha value is -1.19. The molecule has 0 aliphatic heterocycles. The van der Waals surface area contributed by atoms with E-state index in [0.717, 1.165) is 16.0 Å². The van der Waals surface area contributed by atoms with E-state index in [1.165, 1.54) is 23.5 Å². The van der Waals surface area contributed by atoms with Gasteiger partial charge in [0.25, 0.3) is 0 Å². The van der Waals surface area contributed by atoms with Gasteiger partial charge in [-0.15, -0.1) is 11.3 Å². The summed E-state index contributed by atoms with van der Waals surface area (Å²) < 4.78 is 12.7. The highest BCUT2D eigenvalue weighted by atomic mass is 32.1. The number of hydrogen-bond donors (Lipinski definition) is 1. The standard InChI is InChI=1S/C11H9FOS/c12-9-3-1-8(2-4-9)10-5-6-14-11(10)7-13/h1-6,13H,7H2. The van der Waals surface area contributed by atoms with Crippen LogP contribution in [-0.2, 0) is 6.61 Å². The van der Waals surface area contributed by atoms with E-state index in [1.807, 2.05) is 11.4 Å². The van der Waals surface area contributed by atoms with Crippen LogP contribution in [0.2, 0.25) is 0 Å². The molecule has 3 heteroatoms. The number of halogens is 1. The lowest BCUT2D eigenvalue weighted by atomic mass is 10.1. The van der Waals surface area contributed by atoms with Gasteiger partial charge in [0.2, 0.25) is 0 Å². The number of rotatable bonds is 2. The van der Waals surface area contributed by atoms with Crippen molar-refractivity contribution < 1.29 is 9.50 Å². The van der Waals surface area contributed by atoms with E-state index in [2.05, 4.69) is 0 Å². The predicted octanol–water partition coefficient (Wildman–Crippen LogP) is 3.05. The lowest BCUT2D eigenvalue weighted by molar-refractivity contribution is 0.286. The summed E-state index contributed by atoms with van der Waals surface area (Å²) in [5.74, 6) is -0.241. The Labute approximate surface area is 85.5 Å². The van der Waals surface area contributed by atoms with Gasteiger partial charge in [-0.05, 0) is 34.7 Å². The Kier molecular flexibility index (Phi) is 2.61. The molecular formula is C11H9FOS. The van der Waals surface area contributed by atoms with Crippen LogP contribution < -0.4 is 0 Å². The Morgan fingerprint density at radius 3 is 2.50 bits per heavy atom. The molecule has 2 rings (SSSR count). The summed E-state index contributed by atoms with van der Waals surface area (Å²) in [5, 5.41) is 11.0. The number of hydrogen-bond acceptors (Lipinski definition) is 2. The summed E-state index contributed by atoms with van der Waals surface area (Å²) in [6.07, 6.45) is 0. The highest BCUT2D eigenvalue weighted by molar-refractivity contribution is 7.10. The maximum atomic E-state index is 12.7. The van der Waals surface area contributed by atoms with Gasteiger partial charge in [0.15, 0.2) is 0 Å². The van der Waals surface area contributed by atoms with Gasteiger partial charge >= 0.3 is 0 Å². The molecule has 0 spiro atoms. The van der Waals surface area contributed by atoms with Gasteiger partial charge in [-0.3, -0.25) is 0 Å². The third kappa shape index (κ3) is 1.69. The number of aliphatic hydroxyl groups is 1. The third-order valence-corrected chi connectivity index (χ3v) is 2.95. The predicted molar refractivity (Wildman–Crippen MR) is 55.6 cm³/mol. The summed E-state index contributed by atoms with van der Waals surface area (Å²) in [6, 6.07) is 8.22. The van der Waals surface area contributed by atoms with Crippen LogP contribution in [0.1, 0.15) is 4.88 Å². The average Bonchev–Trinajstić information content (AvgIpc) is 2.67. The van der Waals surface area contributed by atoms with Crippen molar-refractivity contribution in [3.8, 4) is 11.1 Å². The minimum absolute atomic E-state index is 0.0321. The molecular weight excluding hydrogens is 199 g/mol. The Morgan fingerprint density at radius 2 is 1.86 bits per heavy atom. The average molecular weight is 208 g/mol. The Morgan fingerprint density at radius 1 is 1.14 bits per heavy atom. The SMILES string of the molecule is OCc1sccc1-c1ccc(F)cc1. The monoisotopic (exact) mass is 208 g/mol. The van der Waals surface area contributed by atoms with E-state index in [-0.39, 0.29) is 12.4 Å². The molecule has 1 heterocycles. The molecule has 0 atom stereocenters. The third-order valence-electron chi connectivity index (χ3n) is 2.04. The van der Waals surface area contributed by atoms with E-state index in [0.29, 0.717) is 0 Å². The number of thiophene rings is 1. The zero-order valence-electron chi connectivity index (χ0n) is 7.40. The molecule has 0 amide bonds. The Balaban J connectivity index is 2.44. The molecule has 0 bridgehead atoms. The van der Waals surface area contributed by atoms with Crippen LogP contribution >= 0.6 is 11.3 Å². The lowest BCUT2D eigenvalue weighted by Gasteiger charge is -2.00. The van der Waals surface area contributed by atoms with Crippen molar-refractivity contribution in [1.82, 2.24) is 0 Å². The minimum Gasteiger partial charge on any atom is -0.391 e. The van der Waals surface area contributed by atoms with E-state index in [1.54, 1.807) is 12.1 Å². The maximum Gasteiger partial charge on any atom is 0.123 e. The second kappa shape index (κ2) is 3.90. The molecule has 1 aromatic heterocycles. The van der Waals surface area contributed by atoms with E-state index in [9.17, 15) is 4.39 Å². The molecule has 0 saturated carbocycles. The molecule has 0 unspecified atom stereocenters. The van der Waals surface area contributed by atoms with Gasteiger partial charge < -0.3 is 5.11 Å². The molecule has 0 fully saturated rings. The molecule has 14 heavy (non-hydrogen) atoms. The highest BCUT2D eigenvalue weighted by Gasteiger charge is 2.05. The zero-order chi connectivity index (χ0) is 9.97. The van der Waals surface area contributed by atoms with Crippen molar-refractivity contribution >= 4 is 11.3 Å². The topological polar surface area (TPSA) is 20.2 Å². The van der Waals surface area contributed by atoms with Crippen LogP contribution in [0.4, 0.5) is 4.39 Å². The van der Waals surface area contributed by atoms with Crippen LogP contribution in [0.3, 0.4) is 0 Å². The van der Waals surface area contributed by atoms with Crippen LogP contribution in [0.5, 0.6) is 0 Å². The molecule has 0 aliphatic rings. The van der Waals surface area contributed by atoms with Gasteiger partial charge in [-0.2, -0.15) is 0 Å². The molecule has 72 valence electrons. The van der Waals surface area contributed by atoms with E-state index in [4.69, 9.17) is 5.11 Å². The lowest BCUT2D eigenvalue weighted by Crippen LogP contribution is -1.82. The second-order valence-corrected chi connectivity index (χ2v) is 3.92. The van der Waals surface area contributed by atoms with Crippen molar-refractivity contribution in [2.75, 3.05) is 0 Å². The smallest absolute Gasteiger partial charge is 0.123 e. The van der Waals surface area contributed by atoms with Crippen molar-refractivity contribution in [3.05, 3.63) is 46.4 Å². The quantitative estimate of drug-likeness (QED) is 0.804. The van der Waals surface area contributed by atoms with Gasteiger partial charge in [0.1, 0.15) is 5.82 Å². The number of benzene rings is 1. The molecule has 0 radical (unpaired) electrons. The summed E-state index contributed by atoms with van der Waals surface area (Å²) in [6.45, 7) is 0.0321. The van der Waals surface area contributed by atoms with Crippen molar-refractivity contribution in [2.45, 2.75) is 6.61 Å². The van der Waals surface area contributed by atoms with Gasteiger partial charge in [0, 0.05) is 4.88 Å². The van der Waals surface area contributed by atoms with Crippen molar-refractivity contribution in [2.24, 2.45) is 0 Å². The minimum atomic E-state index is -0.241. The summed E-state index contributed by atoms with van der Waals surface area (Å²) in [7, 11) is 0. The zero-order valence-corrected chi connectivity index (χ0v) is 8.22. The van der Waals surface area contributed by atoms with E-state index >= 15 is 0 Å². The van der Waals surface area contributed by atoms with Gasteiger partial charge in [0.05, 0.1) is 6.61 Å². The summed E-state index contributed by atoms with van der Waals surface area (Å²) in [4.78, 5) is 0.914. The first-order valence-electron chi connectivity index (χ1n) is 4.24. The number of aliphatic hydroxyl groups excluding tert-OH is 1. The molecule has 1 nitrogen and oxygen atoms in total. The molecule has 1 aromatic carbocycles. The molecule has 0 saturated heterocycles. The summed E-state index contributed by atoms with van der Waals surface area (Å²) >= 11 is 1.50. The van der Waals surface area contributed by atoms with Crippen molar-refractivity contribution in [1.29, 1.82) is 0 Å². The maximum absolute atomic E-state index is 12.7. The van der Waals surface area contributed by atoms with Gasteiger partial charge in [-0.25, -0.2) is 4.39 Å². The van der Waals surface area contributed by atoms with Crippen molar-refractivity contribution in [3.63, 3.8) is 0 Å². The van der Waals surface area contributed by atoms with Crippen LogP contribution in [0.25, 0.3) is 11.1 Å². The normalized spacial score (nSPS) is 10.4. The molecule has 2 aromatic rings. The van der Waals surface area contributed by atoms with Crippen LogP contribution in [0, 0.1) is 5.82 Å². The van der Waals surface area contributed by atoms with Crippen LogP contribution in [0.15, 0.2) is 35.7 Å². The first-order chi connectivity index (χ1) is 6.81. The van der Waals surface area contributed by atoms with E-state index < -0.39 is 0 Å².